The number of hydrogen-bond donors (Lipinski definition) is 1. The predicted molar refractivity (Wildman–Crippen MR) is 126 cm³/mol. The zero-order valence-corrected chi connectivity index (χ0v) is 18.8. The molecule has 1 N–H and O–H groups in total. The van der Waals surface area contributed by atoms with Crippen LogP contribution in [-0.4, -0.2) is 27.1 Å². The molecule has 0 atom stereocenters. The molecule has 0 bridgehead atoms. The third-order valence-corrected chi connectivity index (χ3v) is 6.31. The van der Waals surface area contributed by atoms with E-state index in [1.165, 1.54) is 0 Å². The van der Waals surface area contributed by atoms with Crippen molar-refractivity contribution in [1.29, 1.82) is 0 Å². The van der Waals surface area contributed by atoms with Crippen LogP contribution in [0.25, 0.3) is 5.57 Å². The van der Waals surface area contributed by atoms with Crippen molar-refractivity contribution < 1.29 is 14.4 Å². The first-order valence-electron chi connectivity index (χ1n) is 9.92. The topological polar surface area (TPSA) is 69.7 Å². The minimum absolute atomic E-state index is 0.145. The molecule has 2 aromatic carbocycles. The molecule has 0 radical (unpaired) electrons. The first kappa shape index (κ1) is 21.3. The molecular formula is C23H21N3O3S2. The summed E-state index contributed by atoms with van der Waals surface area (Å²) in [7, 11) is 0. The van der Waals surface area contributed by atoms with E-state index in [2.05, 4.69) is 5.43 Å². The van der Waals surface area contributed by atoms with Crippen molar-refractivity contribution in [2.24, 2.45) is 5.92 Å². The lowest BCUT2D eigenvalue weighted by atomic mass is 10.1. The first-order chi connectivity index (χ1) is 14.9. The number of fused-ring (bicyclic) bond motifs is 1. The second kappa shape index (κ2) is 8.64. The van der Waals surface area contributed by atoms with Crippen molar-refractivity contribution in [3.63, 3.8) is 0 Å². The molecule has 2 heterocycles. The van der Waals surface area contributed by atoms with Crippen LogP contribution in [0.15, 0.2) is 59.5 Å². The summed E-state index contributed by atoms with van der Waals surface area (Å²) < 4.78 is 0.205. The van der Waals surface area contributed by atoms with Gasteiger partial charge in [-0.25, -0.2) is 0 Å². The number of rotatable bonds is 5. The highest BCUT2D eigenvalue weighted by Gasteiger charge is 2.42. The third-order valence-electron chi connectivity index (χ3n) is 4.93. The maximum absolute atomic E-state index is 13.4. The first-order valence-corrected chi connectivity index (χ1v) is 11.1. The molecule has 0 saturated carbocycles. The smallest absolute Gasteiger partial charge is 0.286 e. The number of thiocarbonyl (C=S) groups is 1. The van der Waals surface area contributed by atoms with E-state index in [1.54, 1.807) is 4.90 Å². The lowest BCUT2D eigenvalue weighted by molar-refractivity contribution is -0.133. The van der Waals surface area contributed by atoms with Gasteiger partial charge in [-0.1, -0.05) is 74.1 Å². The number of carbonyl (C=O) groups excluding carboxylic acids is 3. The van der Waals surface area contributed by atoms with E-state index in [1.807, 2.05) is 68.4 Å². The minimum atomic E-state index is -0.480. The lowest BCUT2D eigenvalue weighted by Crippen LogP contribution is -2.45. The van der Waals surface area contributed by atoms with Gasteiger partial charge in [-0.3, -0.25) is 19.8 Å². The van der Waals surface area contributed by atoms with E-state index >= 15 is 0 Å². The van der Waals surface area contributed by atoms with Crippen molar-refractivity contribution in [2.45, 2.75) is 26.8 Å². The van der Waals surface area contributed by atoms with Crippen LogP contribution >= 0.6 is 24.0 Å². The molecule has 0 aliphatic carbocycles. The fourth-order valence-corrected chi connectivity index (χ4v) is 4.83. The molecule has 31 heavy (non-hydrogen) atoms. The van der Waals surface area contributed by atoms with E-state index in [0.717, 1.165) is 28.0 Å². The number of nitrogens with one attached hydrogen (secondary N) is 1. The van der Waals surface area contributed by atoms with Gasteiger partial charge in [0.05, 0.1) is 22.7 Å². The Hall–Kier alpha value is -2.97. The van der Waals surface area contributed by atoms with Crippen LogP contribution < -0.4 is 10.3 Å². The summed E-state index contributed by atoms with van der Waals surface area (Å²) in [5.41, 5.74) is 5.33. The van der Waals surface area contributed by atoms with Gasteiger partial charge in [-0.2, -0.15) is 5.01 Å². The molecule has 1 saturated heterocycles. The summed E-state index contributed by atoms with van der Waals surface area (Å²) in [5.74, 6) is -0.876. The molecule has 3 amide bonds. The summed E-state index contributed by atoms with van der Waals surface area (Å²) in [4.78, 5) is 40.6. The summed E-state index contributed by atoms with van der Waals surface area (Å²) in [5, 5.41) is 1.07. The quantitative estimate of drug-likeness (QED) is 0.552. The zero-order chi connectivity index (χ0) is 22.1. The van der Waals surface area contributed by atoms with Crippen molar-refractivity contribution in [1.82, 2.24) is 10.4 Å². The van der Waals surface area contributed by atoms with Crippen molar-refractivity contribution >= 4 is 57.3 Å². The number of nitrogens with zero attached hydrogens (tertiary/aromatic N) is 2. The second-order valence-corrected chi connectivity index (χ2v) is 9.38. The Morgan fingerprint density at radius 1 is 1.03 bits per heavy atom. The maximum Gasteiger partial charge on any atom is 0.286 e. The summed E-state index contributed by atoms with van der Waals surface area (Å²) in [6.07, 6.45) is 0.273. The predicted octanol–water partition coefficient (Wildman–Crippen LogP) is 3.88. The van der Waals surface area contributed by atoms with E-state index < -0.39 is 5.91 Å². The van der Waals surface area contributed by atoms with E-state index in [4.69, 9.17) is 12.2 Å². The highest BCUT2D eigenvalue weighted by Crippen LogP contribution is 2.44. The SMILES string of the molecule is CC(C)CC(=O)NN1C(=O)C(=C2C(=O)N(Cc3ccccc3)c3ccccc32)SC1=S. The monoisotopic (exact) mass is 451 g/mol. The summed E-state index contributed by atoms with van der Waals surface area (Å²) in [6, 6.07) is 17.1. The molecule has 1 fully saturated rings. The van der Waals surface area contributed by atoms with E-state index in [0.29, 0.717) is 17.7 Å². The number of amides is 3. The number of para-hydroxylation sites is 1. The third kappa shape index (κ3) is 4.13. The number of benzene rings is 2. The maximum atomic E-state index is 13.4. The average Bonchev–Trinajstić information content (AvgIpc) is 3.16. The zero-order valence-electron chi connectivity index (χ0n) is 17.1. The Balaban J connectivity index is 1.68. The average molecular weight is 452 g/mol. The molecule has 2 aliphatic rings. The standard InChI is InChI=1S/C23H21N3O3S2/c1-14(2)12-18(27)24-26-22(29)20(31-23(26)30)19-16-10-6-7-11-17(16)25(21(19)28)13-15-8-4-3-5-9-15/h3-11,14H,12-13H2,1-2H3,(H,24,27). The number of carbonyl (C=O) groups is 3. The van der Waals surface area contributed by atoms with Gasteiger partial charge in [-0.05, 0) is 29.8 Å². The highest BCUT2D eigenvalue weighted by atomic mass is 32.2. The van der Waals surface area contributed by atoms with Gasteiger partial charge in [0, 0.05) is 12.0 Å². The molecule has 6 nitrogen and oxygen atoms in total. The normalized spacial score (nSPS) is 18.2. The van der Waals surface area contributed by atoms with Crippen molar-refractivity contribution in [2.75, 3.05) is 4.90 Å². The molecular weight excluding hydrogens is 430 g/mol. The van der Waals surface area contributed by atoms with Crippen LogP contribution in [0.5, 0.6) is 0 Å². The Labute approximate surface area is 190 Å². The highest BCUT2D eigenvalue weighted by molar-refractivity contribution is 8.26. The van der Waals surface area contributed by atoms with Crippen LogP contribution in [0.4, 0.5) is 5.69 Å². The number of thioether (sulfide) groups is 1. The lowest BCUT2D eigenvalue weighted by Gasteiger charge is -2.17. The summed E-state index contributed by atoms with van der Waals surface area (Å²) >= 11 is 6.37. The molecule has 2 aliphatic heterocycles. The molecule has 158 valence electrons. The van der Waals surface area contributed by atoms with E-state index in [-0.39, 0.29) is 33.4 Å². The number of anilines is 1. The minimum Gasteiger partial charge on any atom is -0.303 e. The van der Waals surface area contributed by atoms with E-state index in [9.17, 15) is 14.4 Å². The van der Waals surface area contributed by atoms with Crippen molar-refractivity contribution in [3.05, 3.63) is 70.6 Å². The van der Waals surface area contributed by atoms with Crippen LogP contribution in [0.1, 0.15) is 31.4 Å². The van der Waals surface area contributed by atoms with Crippen LogP contribution in [-0.2, 0) is 20.9 Å². The molecule has 8 heteroatoms. The molecule has 4 rings (SSSR count). The van der Waals surface area contributed by atoms with Crippen LogP contribution in [0.2, 0.25) is 0 Å². The Kier molecular flexibility index (Phi) is 5.93. The molecule has 0 spiro atoms. The van der Waals surface area contributed by atoms with Gasteiger partial charge in [-0.15, -0.1) is 0 Å². The Morgan fingerprint density at radius 2 is 1.71 bits per heavy atom. The molecule has 0 unspecified atom stereocenters. The Morgan fingerprint density at radius 3 is 2.42 bits per heavy atom. The van der Waals surface area contributed by atoms with Gasteiger partial charge in [0.15, 0.2) is 4.32 Å². The van der Waals surface area contributed by atoms with Gasteiger partial charge in [0.1, 0.15) is 0 Å². The van der Waals surface area contributed by atoms with Gasteiger partial charge >= 0.3 is 0 Å². The van der Waals surface area contributed by atoms with Gasteiger partial charge in [0.25, 0.3) is 11.8 Å². The number of hydrogen-bond acceptors (Lipinski definition) is 5. The van der Waals surface area contributed by atoms with Gasteiger partial charge in [0.2, 0.25) is 5.91 Å². The summed E-state index contributed by atoms with van der Waals surface area (Å²) in [6.45, 7) is 4.23. The van der Waals surface area contributed by atoms with Crippen molar-refractivity contribution in [3.8, 4) is 0 Å². The largest absolute Gasteiger partial charge is 0.303 e. The fraction of sp³-hybridized carbons (Fsp3) is 0.217. The molecule has 2 aromatic rings. The van der Waals surface area contributed by atoms with Crippen LogP contribution in [0.3, 0.4) is 0 Å². The molecule has 0 aromatic heterocycles. The van der Waals surface area contributed by atoms with Gasteiger partial charge < -0.3 is 4.90 Å². The van der Waals surface area contributed by atoms with Crippen LogP contribution in [0, 0.1) is 5.92 Å². The second-order valence-electron chi connectivity index (χ2n) is 7.74. The Bertz CT molecular complexity index is 1110. The fourth-order valence-electron chi connectivity index (χ4n) is 3.58. The number of hydrazine groups is 1.